The van der Waals surface area contributed by atoms with Gasteiger partial charge in [-0.3, -0.25) is 4.79 Å². The van der Waals surface area contributed by atoms with Gasteiger partial charge in [0.2, 0.25) is 0 Å². The van der Waals surface area contributed by atoms with Crippen LogP contribution in [0.1, 0.15) is 39.5 Å². The zero-order chi connectivity index (χ0) is 26.6. The number of carbonyl (C=O) groups excluding carboxylic acids is 2. The van der Waals surface area contributed by atoms with Crippen molar-refractivity contribution >= 4 is 29.7 Å². The van der Waals surface area contributed by atoms with Crippen LogP contribution in [0.25, 0.3) is 12.2 Å². The lowest BCUT2D eigenvalue weighted by molar-refractivity contribution is -0.274. The van der Waals surface area contributed by atoms with E-state index in [9.17, 15) is 22.8 Å². The van der Waals surface area contributed by atoms with Gasteiger partial charge in [0.25, 0.3) is 5.91 Å². The quantitative estimate of drug-likeness (QED) is 0.268. The van der Waals surface area contributed by atoms with Gasteiger partial charge in [-0.05, 0) is 78.6 Å². The first-order valence-electron chi connectivity index (χ1n) is 11.5. The van der Waals surface area contributed by atoms with Gasteiger partial charge < -0.3 is 19.1 Å². The van der Waals surface area contributed by atoms with Crippen molar-refractivity contribution in [3.63, 3.8) is 0 Å². The number of hydrogen-bond donors (Lipinski definition) is 0. The lowest BCUT2D eigenvalue weighted by Crippen LogP contribution is -2.23. The molecule has 0 bridgehead atoms. The lowest BCUT2D eigenvalue weighted by Gasteiger charge is -2.16. The van der Waals surface area contributed by atoms with Crippen molar-refractivity contribution in [2.24, 2.45) is 0 Å². The molecule has 0 atom stereocenters. The highest BCUT2D eigenvalue weighted by Crippen LogP contribution is 2.33. The van der Waals surface area contributed by atoms with Gasteiger partial charge in [-0.15, -0.1) is 13.2 Å². The van der Waals surface area contributed by atoms with Crippen molar-refractivity contribution in [2.45, 2.75) is 26.8 Å². The van der Waals surface area contributed by atoms with Gasteiger partial charge in [-0.1, -0.05) is 30.4 Å². The second-order valence-corrected chi connectivity index (χ2v) is 8.26. The second kappa shape index (κ2) is 10.8. The molecule has 1 heterocycles. The van der Waals surface area contributed by atoms with E-state index in [1.807, 2.05) is 37.3 Å². The number of ether oxygens (including phenoxy) is 3. The summed E-state index contributed by atoms with van der Waals surface area (Å²) in [6.45, 7) is 4.02. The van der Waals surface area contributed by atoms with Crippen LogP contribution in [0.15, 0.2) is 60.7 Å². The number of amides is 1. The van der Waals surface area contributed by atoms with E-state index < -0.39 is 12.3 Å². The molecule has 0 radical (unpaired) electrons. The van der Waals surface area contributed by atoms with Crippen molar-refractivity contribution in [1.82, 2.24) is 0 Å². The van der Waals surface area contributed by atoms with Crippen LogP contribution in [0.3, 0.4) is 0 Å². The molecule has 0 spiro atoms. The zero-order valence-corrected chi connectivity index (χ0v) is 20.2. The minimum atomic E-state index is -4.78. The number of halogens is 3. The van der Waals surface area contributed by atoms with Gasteiger partial charge in [0.1, 0.15) is 11.5 Å². The molecule has 1 aliphatic heterocycles. The predicted octanol–water partition coefficient (Wildman–Crippen LogP) is 6.17. The van der Waals surface area contributed by atoms with E-state index in [0.29, 0.717) is 23.6 Å². The Morgan fingerprint density at radius 2 is 1.81 bits per heavy atom. The molecular weight excluding hydrogens is 487 g/mol. The molecule has 9 heteroatoms. The standard InChI is InChI=1S/C28H24F3NO5/c1-3-35-26(33)17-36-25-14-8-19(15-18(25)2)7-9-20-5-4-6-23-24(20)16-32(27(23)34)21-10-12-22(13-11-21)37-28(29,30)31/h4-15H,3,16-17H2,1-2H3/b9-7+. The average Bonchev–Trinajstić information content (AvgIpc) is 3.19. The molecule has 0 N–H and O–H groups in total. The van der Waals surface area contributed by atoms with E-state index in [0.717, 1.165) is 22.3 Å². The third-order valence-corrected chi connectivity index (χ3v) is 5.69. The summed E-state index contributed by atoms with van der Waals surface area (Å²) >= 11 is 0. The van der Waals surface area contributed by atoms with E-state index in [1.54, 1.807) is 25.1 Å². The lowest BCUT2D eigenvalue weighted by atomic mass is 10.0. The normalized spacial score (nSPS) is 13.1. The number of aryl methyl sites for hydroxylation is 1. The minimum absolute atomic E-state index is 0.164. The molecule has 0 saturated heterocycles. The molecule has 4 rings (SSSR count). The molecule has 0 unspecified atom stereocenters. The number of nitrogens with zero attached hydrogens (tertiary/aromatic N) is 1. The zero-order valence-electron chi connectivity index (χ0n) is 20.2. The summed E-state index contributed by atoms with van der Waals surface area (Å²) in [6, 6.07) is 16.2. The first-order valence-corrected chi connectivity index (χ1v) is 11.5. The van der Waals surface area contributed by atoms with Gasteiger partial charge in [-0.2, -0.15) is 0 Å². The molecule has 3 aromatic carbocycles. The van der Waals surface area contributed by atoms with Gasteiger partial charge in [0.15, 0.2) is 6.61 Å². The minimum Gasteiger partial charge on any atom is -0.482 e. The van der Waals surface area contributed by atoms with Gasteiger partial charge >= 0.3 is 12.3 Å². The molecule has 0 aromatic heterocycles. The maximum absolute atomic E-state index is 13.0. The molecule has 1 amide bonds. The van der Waals surface area contributed by atoms with Crippen molar-refractivity contribution in [1.29, 1.82) is 0 Å². The molecular formula is C28H24F3NO5. The van der Waals surface area contributed by atoms with E-state index in [1.165, 1.54) is 29.2 Å². The van der Waals surface area contributed by atoms with E-state index >= 15 is 0 Å². The van der Waals surface area contributed by atoms with Crippen molar-refractivity contribution in [2.75, 3.05) is 18.1 Å². The van der Waals surface area contributed by atoms with Crippen LogP contribution >= 0.6 is 0 Å². The Bertz CT molecular complexity index is 1330. The maximum Gasteiger partial charge on any atom is 0.573 e. The van der Waals surface area contributed by atoms with Crippen LogP contribution in [0, 0.1) is 6.92 Å². The van der Waals surface area contributed by atoms with E-state index in [4.69, 9.17) is 9.47 Å². The van der Waals surface area contributed by atoms with Gasteiger partial charge in [0.05, 0.1) is 13.2 Å². The van der Waals surface area contributed by atoms with Crippen molar-refractivity contribution in [3.8, 4) is 11.5 Å². The van der Waals surface area contributed by atoms with Gasteiger partial charge in [-0.25, -0.2) is 4.79 Å². The summed E-state index contributed by atoms with van der Waals surface area (Å²) in [5, 5.41) is 0. The third kappa shape index (κ3) is 6.30. The first kappa shape index (κ1) is 25.8. The van der Waals surface area contributed by atoms with Crippen LogP contribution in [0.2, 0.25) is 0 Å². The van der Waals surface area contributed by atoms with Crippen LogP contribution < -0.4 is 14.4 Å². The Labute approximate surface area is 211 Å². The van der Waals surface area contributed by atoms with Crippen LogP contribution in [0.4, 0.5) is 18.9 Å². The fourth-order valence-electron chi connectivity index (χ4n) is 4.01. The monoisotopic (exact) mass is 511 g/mol. The SMILES string of the molecule is CCOC(=O)COc1ccc(/C=C/c2cccc3c2CN(c2ccc(OC(F)(F)F)cc2)C3=O)cc1C. The van der Waals surface area contributed by atoms with Crippen molar-refractivity contribution < 1.29 is 37.0 Å². The molecule has 1 aliphatic rings. The predicted molar refractivity (Wildman–Crippen MR) is 132 cm³/mol. The molecule has 37 heavy (non-hydrogen) atoms. The van der Waals surface area contributed by atoms with Crippen LogP contribution in [-0.4, -0.2) is 31.5 Å². The smallest absolute Gasteiger partial charge is 0.482 e. The summed E-state index contributed by atoms with van der Waals surface area (Å²) in [6.07, 6.45) is -0.963. The number of anilines is 1. The summed E-state index contributed by atoms with van der Waals surface area (Å²) in [5.74, 6) is -0.429. The molecule has 3 aromatic rings. The Morgan fingerprint density at radius 3 is 2.49 bits per heavy atom. The molecule has 6 nitrogen and oxygen atoms in total. The number of alkyl halides is 3. The van der Waals surface area contributed by atoms with Gasteiger partial charge in [0, 0.05) is 11.3 Å². The number of fused-ring (bicyclic) bond motifs is 1. The van der Waals surface area contributed by atoms with Crippen LogP contribution in [0.5, 0.6) is 11.5 Å². The van der Waals surface area contributed by atoms with Crippen LogP contribution in [-0.2, 0) is 16.1 Å². The highest BCUT2D eigenvalue weighted by molar-refractivity contribution is 6.10. The Kier molecular flexibility index (Phi) is 7.52. The first-order chi connectivity index (χ1) is 17.6. The second-order valence-electron chi connectivity index (χ2n) is 8.26. The highest BCUT2D eigenvalue weighted by Gasteiger charge is 2.32. The molecule has 0 saturated carbocycles. The average molecular weight is 511 g/mol. The Morgan fingerprint density at radius 1 is 1.05 bits per heavy atom. The number of rotatable bonds is 8. The topological polar surface area (TPSA) is 65.1 Å². The summed E-state index contributed by atoms with van der Waals surface area (Å²) < 4.78 is 51.6. The largest absolute Gasteiger partial charge is 0.573 e. The Balaban J connectivity index is 1.48. The summed E-state index contributed by atoms with van der Waals surface area (Å²) in [5.41, 5.74) is 4.44. The molecule has 192 valence electrons. The molecule has 0 fully saturated rings. The molecule has 0 aliphatic carbocycles. The Hall–Kier alpha value is -4.27. The van der Waals surface area contributed by atoms with E-state index in [2.05, 4.69) is 4.74 Å². The number of benzene rings is 3. The fraction of sp³-hybridized carbons (Fsp3) is 0.214. The number of hydrogen-bond acceptors (Lipinski definition) is 5. The summed E-state index contributed by atoms with van der Waals surface area (Å²) in [4.78, 5) is 26.0. The highest BCUT2D eigenvalue weighted by atomic mass is 19.4. The van der Waals surface area contributed by atoms with Crippen molar-refractivity contribution in [3.05, 3.63) is 88.5 Å². The number of carbonyl (C=O) groups is 2. The summed E-state index contributed by atoms with van der Waals surface area (Å²) in [7, 11) is 0. The number of esters is 1. The maximum atomic E-state index is 13.0. The fourth-order valence-corrected chi connectivity index (χ4v) is 4.01. The third-order valence-electron chi connectivity index (χ3n) is 5.69. The van der Waals surface area contributed by atoms with E-state index in [-0.39, 0.29) is 24.8 Å².